The highest BCUT2D eigenvalue weighted by Gasteiger charge is 2.31. The van der Waals surface area contributed by atoms with Gasteiger partial charge in [-0.3, -0.25) is 9.59 Å². The van der Waals surface area contributed by atoms with E-state index in [1.54, 1.807) is 13.8 Å². The average Bonchev–Trinajstić information content (AvgIpc) is 2.77. The fraction of sp³-hybridized carbons (Fsp3) is 0.500. The van der Waals surface area contributed by atoms with Gasteiger partial charge in [-0.15, -0.1) is 0 Å². The molecule has 8 nitrogen and oxygen atoms in total. The average molecular weight is 317 g/mol. The number of aryl methyl sites for hydroxylation is 1. The number of amides is 1. The lowest BCUT2D eigenvalue weighted by Crippen LogP contribution is -2.41. The standard InChI is InChI=1S/C12H19N3O5S/c1-4-8(2)15(7-11(16)17)21(19,20)9-5-10(12(13)18)14(3)6-9/h5-6,8H,4,7H2,1-3H3,(H2,13,18)(H,16,17). The molecular formula is C12H19N3O5S. The third-order valence-corrected chi connectivity index (χ3v) is 5.14. The summed E-state index contributed by atoms with van der Waals surface area (Å²) in [5, 5.41) is 8.90. The molecule has 0 aliphatic heterocycles. The predicted molar refractivity (Wildman–Crippen MR) is 75.2 cm³/mol. The van der Waals surface area contributed by atoms with Crippen molar-refractivity contribution >= 4 is 21.9 Å². The van der Waals surface area contributed by atoms with Crippen LogP contribution in [0.15, 0.2) is 17.2 Å². The molecule has 118 valence electrons. The van der Waals surface area contributed by atoms with Gasteiger partial charge >= 0.3 is 5.97 Å². The molecule has 0 saturated heterocycles. The maximum absolute atomic E-state index is 12.6. The van der Waals surface area contributed by atoms with Crippen molar-refractivity contribution in [2.75, 3.05) is 6.54 Å². The molecule has 0 aliphatic carbocycles. The van der Waals surface area contributed by atoms with Crippen LogP contribution in [0.4, 0.5) is 0 Å². The number of sulfonamides is 1. The summed E-state index contributed by atoms with van der Waals surface area (Å²) in [5.74, 6) is -2.00. The molecule has 1 aromatic rings. The summed E-state index contributed by atoms with van der Waals surface area (Å²) >= 11 is 0. The van der Waals surface area contributed by atoms with E-state index in [1.165, 1.54) is 17.8 Å². The van der Waals surface area contributed by atoms with Gasteiger partial charge in [0.15, 0.2) is 0 Å². The van der Waals surface area contributed by atoms with Crippen LogP contribution in [-0.4, -0.2) is 46.9 Å². The molecule has 1 atom stereocenters. The first-order valence-corrected chi connectivity index (χ1v) is 7.75. The molecule has 0 spiro atoms. The Hall–Kier alpha value is -1.87. The van der Waals surface area contributed by atoms with Crippen molar-refractivity contribution in [2.24, 2.45) is 12.8 Å². The summed E-state index contributed by atoms with van der Waals surface area (Å²) in [6.07, 6.45) is 1.70. The minimum Gasteiger partial charge on any atom is -0.480 e. The number of carbonyl (C=O) groups is 2. The van der Waals surface area contributed by atoms with Gasteiger partial charge in [0.2, 0.25) is 10.0 Å². The number of rotatable bonds is 7. The topological polar surface area (TPSA) is 123 Å². The zero-order valence-corrected chi connectivity index (χ0v) is 12.9. The number of nitrogens with two attached hydrogens (primary N) is 1. The summed E-state index contributed by atoms with van der Waals surface area (Å²) in [7, 11) is -2.53. The van der Waals surface area contributed by atoms with Crippen molar-refractivity contribution in [3.63, 3.8) is 0 Å². The maximum atomic E-state index is 12.6. The third kappa shape index (κ3) is 3.61. The summed E-state index contributed by atoms with van der Waals surface area (Å²) in [4.78, 5) is 21.9. The molecule has 1 unspecified atom stereocenters. The van der Waals surface area contributed by atoms with E-state index in [2.05, 4.69) is 0 Å². The molecule has 3 N–H and O–H groups in total. The lowest BCUT2D eigenvalue weighted by molar-refractivity contribution is -0.137. The Labute approximate surface area is 123 Å². The van der Waals surface area contributed by atoms with Gasteiger partial charge in [-0.2, -0.15) is 4.31 Å². The lowest BCUT2D eigenvalue weighted by Gasteiger charge is -2.25. The molecule has 0 radical (unpaired) electrons. The van der Waals surface area contributed by atoms with Gasteiger partial charge in [0.05, 0.1) is 0 Å². The van der Waals surface area contributed by atoms with E-state index in [9.17, 15) is 18.0 Å². The minimum absolute atomic E-state index is 0.0352. The SMILES string of the molecule is CCC(C)N(CC(=O)O)S(=O)(=O)c1cc(C(N)=O)n(C)c1. The fourth-order valence-electron chi connectivity index (χ4n) is 1.87. The number of carboxylic acids is 1. The van der Waals surface area contributed by atoms with E-state index < -0.39 is 34.5 Å². The Kier molecular flexibility index (Phi) is 5.13. The minimum atomic E-state index is -4.02. The van der Waals surface area contributed by atoms with Crippen LogP contribution < -0.4 is 5.73 Å². The molecule has 9 heteroatoms. The van der Waals surface area contributed by atoms with E-state index in [-0.39, 0.29) is 10.6 Å². The van der Waals surface area contributed by atoms with Crippen molar-refractivity contribution < 1.29 is 23.1 Å². The van der Waals surface area contributed by atoms with Gasteiger partial charge in [0.1, 0.15) is 17.1 Å². The second-order valence-corrected chi connectivity index (χ2v) is 6.63. The number of hydrogen-bond donors (Lipinski definition) is 2. The van der Waals surface area contributed by atoms with E-state index >= 15 is 0 Å². The van der Waals surface area contributed by atoms with Crippen molar-refractivity contribution in [3.8, 4) is 0 Å². The van der Waals surface area contributed by atoms with E-state index in [0.29, 0.717) is 6.42 Å². The highest BCUT2D eigenvalue weighted by Crippen LogP contribution is 2.21. The molecule has 0 aliphatic rings. The quantitative estimate of drug-likeness (QED) is 0.732. The Bertz CT molecular complexity index is 650. The number of carbonyl (C=O) groups excluding carboxylic acids is 1. The summed E-state index contributed by atoms with van der Waals surface area (Å²) < 4.78 is 27.3. The molecule has 0 fully saturated rings. The number of aliphatic carboxylic acids is 1. The van der Waals surface area contributed by atoms with Crippen LogP contribution >= 0.6 is 0 Å². The number of aromatic nitrogens is 1. The number of hydrogen-bond acceptors (Lipinski definition) is 4. The molecule has 0 saturated carbocycles. The Balaban J connectivity index is 3.31. The van der Waals surface area contributed by atoms with Crippen LogP contribution in [0.1, 0.15) is 30.8 Å². The smallest absolute Gasteiger partial charge is 0.318 e. The molecule has 1 heterocycles. The summed E-state index contributed by atoms with van der Waals surface area (Å²) in [6, 6.07) is 0.665. The van der Waals surface area contributed by atoms with E-state index in [4.69, 9.17) is 10.8 Å². The van der Waals surface area contributed by atoms with Gasteiger partial charge in [-0.1, -0.05) is 6.92 Å². The second kappa shape index (κ2) is 6.27. The first-order valence-electron chi connectivity index (χ1n) is 6.31. The monoisotopic (exact) mass is 317 g/mol. The Morgan fingerprint density at radius 3 is 2.43 bits per heavy atom. The normalized spacial score (nSPS) is 13.3. The van der Waals surface area contributed by atoms with Gasteiger partial charge < -0.3 is 15.4 Å². The number of primary amides is 1. The van der Waals surface area contributed by atoms with Gasteiger partial charge in [0, 0.05) is 19.3 Å². The van der Waals surface area contributed by atoms with Crippen molar-refractivity contribution in [3.05, 3.63) is 18.0 Å². The third-order valence-electron chi connectivity index (χ3n) is 3.21. The highest BCUT2D eigenvalue weighted by molar-refractivity contribution is 7.89. The lowest BCUT2D eigenvalue weighted by atomic mass is 10.2. The Morgan fingerprint density at radius 1 is 1.48 bits per heavy atom. The van der Waals surface area contributed by atoms with E-state index in [0.717, 1.165) is 10.4 Å². The Morgan fingerprint density at radius 2 is 2.05 bits per heavy atom. The first kappa shape index (κ1) is 17.2. The van der Waals surface area contributed by atoms with Crippen LogP contribution in [0.25, 0.3) is 0 Å². The number of carboxylic acid groups (broad SMARTS) is 1. The zero-order chi connectivity index (χ0) is 16.4. The fourth-order valence-corrected chi connectivity index (χ4v) is 3.60. The van der Waals surface area contributed by atoms with Crippen molar-refractivity contribution in [1.82, 2.24) is 8.87 Å². The number of nitrogens with zero attached hydrogens (tertiary/aromatic N) is 2. The van der Waals surface area contributed by atoms with Crippen molar-refractivity contribution in [1.29, 1.82) is 0 Å². The largest absolute Gasteiger partial charge is 0.480 e. The van der Waals surface area contributed by atoms with Crippen LogP contribution in [0.5, 0.6) is 0 Å². The van der Waals surface area contributed by atoms with Crippen molar-refractivity contribution in [2.45, 2.75) is 31.2 Å². The van der Waals surface area contributed by atoms with Crippen LogP contribution in [0.3, 0.4) is 0 Å². The van der Waals surface area contributed by atoms with E-state index in [1.807, 2.05) is 0 Å². The molecule has 0 bridgehead atoms. The molecule has 21 heavy (non-hydrogen) atoms. The summed E-state index contributed by atoms with van der Waals surface area (Å²) in [5.41, 5.74) is 5.19. The van der Waals surface area contributed by atoms with Crippen LogP contribution in [0, 0.1) is 0 Å². The van der Waals surface area contributed by atoms with Gasteiger partial charge in [0.25, 0.3) is 5.91 Å². The molecular weight excluding hydrogens is 298 g/mol. The molecule has 0 aromatic carbocycles. The van der Waals surface area contributed by atoms with Crippen LogP contribution in [0.2, 0.25) is 0 Å². The molecule has 1 aromatic heterocycles. The highest BCUT2D eigenvalue weighted by atomic mass is 32.2. The molecule has 1 amide bonds. The molecule has 1 rings (SSSR count). The predicted octanol–water partition coefficient (Wildman–Crippen LogP) is -0.00220. The first-order chi connectivity index (χ1) is 9.61. The van der Waals surface area contributed by atoms with Gasteiger partial charge in [-0.05, 0) is 19.4 Å². The van der Waals surface area contributed by atoms with Gasteiger partial charge in [-0.25, -0.2) is 8.42 Å². The summed E-state index contributed by atoms with van der Waals surface area (Å²) in [6.45, 7) is 2.74. The maximum Gasteiger partial charge on any atom is 0.318 e. The second-order valence-electron chi connectivity index (χ2n) is 4.74. The zero-order valence-electron chi connectivity index (χ0n) is 12.1. The van der Waals surface area contributed by atoms with Crippen LogP contribution in [-0.2, 0) is 21.9 Å².